The Bertz CT molecular complexity index is 1130. The molecule has 0 aliphatic carbocycles. The van der Waals surface area contributed by atoms with E-state index in [4.69, 9.17) is 0 Å². The lowest BCUT2D eigenvalue weighted by molar-refractivity contribution is 0.102. The van der Waals surface area contributed by atoms with E-state index in [0.717, 1.165) is 32.2 Å². The Hall–Kier alpha value is -3.18. The summed E-state index contributed by atoms with van der Waals surface area (Å²) in [4.78, 5) is 17.0. The number of nitrogens with one attached hydrogen (secondary N) is 2. The maximum atomic E-state index is 13.0. The molecule has 0 atom stereocenters. The Morgan fingerprint density at radius 2 is 1.54 bits per heavy atom. The van der Waals surface area contributed by atoms with Gasteiger partial charge in [0.15, 0.2) is 0 Å². The van der Waals surface area contributed by atoms with Crippen molar-refractivity contribution in [1.82, 2.24) is 4.98 Å². The molecule has 0 aliphatic heterocycles. The number of benzene rings is 3. The fourth-order valence-corrected chi connectivity index (χ4v) is 3.49. The van der Waals surface area contributed by atoms with Crippen LogP contribution in [-0.4, -0.2) is 10.9 Å². The zero-order valence-electron chi connectivity index (χ0n) is 15.0. The molecular formula is C23H18BrN3O. The molecule has 0 radical (unpaired) electrons. The van der Waals surface area contributed by atoms with E-state index < -0.39 is 0 Å². The molecule has 1 amide bonds. The molecule has 3 aromatic carbocycles. The summed E-state index contributed by atoms with van der Waals surface area (Å²) in [5.41, 5.74) is 3.22. The Kier molecular flexibility index (Phi) is 5.35. The van der Waals surface area contributed by atoms with Crippen molar-refractivity contribution in [2.45, 2.75) is 6.54 Å². The van der Waals surface area contributed by atoms with E-state index in [2.05, 4.69) is 31.5 Å². The quantitative estimate of drug-likeness (QED) is 0.415. The van der Waals surface area contributed by atoms with E-state index in [1.165, 1.54) is 0 Å². The van der Waals surface area contributed by atoms with Gasteiger partial charge in [-0.05, 0) is 68.7 Å². The number of pyridine rings is 1. The summed E-state index contributed by atoms with van der Waals surface area (Å²) in [5.74, 6) is -0.159. The number of rotatable bonds is 5. The van der Waals surface area contributed by atoms with Gasteiger partial charge in [-0.2, -0.15) is 0 Å². The van der Waals surface area contributed by atoms with Gasteiger partial charge >= 0.3 is 0 Å². The zero-order chi connectivity index (χ0) is 19.3. The summed E-state index contributed by atoms with van der Waals surface area (Å²) in [7, 11) is 0. The predicted octanol–water partition coefficient (Wildman–Crippen LogP) is 5.86. The van der Waals surface area contributed by atoms with Crippen LogP contribution >= 0.6 is 15.9 Å². The van der Waals surface area contributed by atoms with Crippen LogP contribution in [0.4, 0.5) is 11.4 Å². The highest BCUT2D eigenvalue weighted by atomic mass is 79.9. The molecule has 0 aliphatic rings. The molecule has 0 unspecified atom stereocenters. The molecule has 28 heavy (non-hydrogen) atoms. The summed E-state index contributed by atoms with van der Waals surface area (Å²) in [6.45, 7) is 0.618. The van der Waals surface area contributed by atoms with Gasteiger partial charge in [-0.15, -0.1) is 0 Å². The van der Waals surface area contributed by atoms with E-state index in [1.54, 1.807) is 12.4 Å². The van der Waals surface area contributed by atoms with Crippen LogP contribution in [-0.2, 0) is 6.54 Å². The molecule has 4 rings (SSSR count). The monoisotopic (exact) mass is 431 g/mol. The lowest BCUT2D eigenvalue weighted by Crippen LogP contribution is -2.15. The van der Waals surface area contributed by atoms with Crippen LogP contribution in [0.3, 0.4) is 0 Å². The van der Waals surface area contributed by atoms with E-state index in [0.29, 0.717) is 12.1 Å². The first kappa shape index (κ1) is 18.2. The van der Waals surface area contributed by atoms with Gasteiger partial charge < -0.3 is 10.6 Å². The van der Waals surface area contributed by atoms with Crippen molar-refractivity contribution in [3.8, 4) is 0 Å². The largest absolute Gasteiger partial charge is 0.380 e. The number of fused-ring (bicyclic) bond motifs is 1. The number of para-hydroxylation sites is 1. The van der Waals surface area contributed by atoms with Crippen molar-refractivity contribution in [2.75, 3.05) is 10.6 Å². The summed E-state index contributed by atoms with van der Waals surface area (Å²) in [6, 6.07) is 23.4. The second-order valence-corrected chi connectivity index (χ2v) is 7.24. The molecule has 0 saturated heterocycles. The number of hydrogen-bond donors (Lipinski definition) is 2. The van der Waals surface area contributed by atoms with Crippen molar-refractivity contribution in [3.63, 3.8) is 0 Å². The summed E-state index contributed by atoms with van der Waals surface area (Å²) >= 11 is 3.56. The summed E-state index contributed by atoms with van der Waals surface area (Å²) in [5, 5.41) is 8.55. The number of anilines is 2. The topological polar surface area (TPSA) is 54.0 Å². The van der Waals surface area contributed by atoms with Gasteiger partial charge in [-0.1, -0.05) is 36.4 Å². The van der Waals surface area contributed by atoms with Gasteiger partial charge in [-0.3, -0.25) is 9.78 Å². The minimum atomic E-state index is -0.159. The van der Waals surface area contributed by atoms with Crippen molar-refractivity contribution < 1.29 is 4.79 Å². The van der Waals surface area contributed by atoms with Crippen LogP contribution in [0.25, 0.3) is 10.8 Å². The summed E-state index contributed by atoms with van der Waals surface area (Å²) in [6.07, 6.45) is 3.51. The van der Waals surface area contributed by atoms with E-state index in [-0.39, 0.29) is 5.91 Å². The maximum absolute atomic E-state index is 13.0. The molecule has 5 heteroatoms. The van der Waals surface area contributed by atoms with Gasteiger partial charge in [0.1, 0.15) is 0 Å². The van der Waals surface area contributed by atoms with Crippen molar-refractivity contribution in [3.05, 3.63) is 101 Å². The van der Waals surface area contributed by atoms with Gasteiger partial charge in [0, 0.05) is 29.1 Å². The highest BCUT2D eigenvalue weighted by Gasteiger charge is 2.13. The van der Waals surface area contributed by atoms with Gasteiger partial charge in [0.05, 0.1) is 11.3 Å². The fourth-order valence-electron chi connectivity index (χ4n) is 3.03. The van der Waals surface area contributed by atoms with Gasteiger partial charge in [0.2, 0.25) is 0 Å². The Morgan fingerprint density at radius 3 is 2.32 bits per heavy atom. The molecule has 0 bridgehead atoms. The SMILES string of the molecule is O=C(Nc1cc2ccccc2cc1Br)c1ccccc1NCc1ccncc1. The normalized spacial score (nSPS) is 10.6. The standard InChI is InChI=1S/C23H18BrN3O/c24-20-13-17-5-1-2-6-18(17)14-22(20)27-23(28)19-7-3-4-8-21(19)26-15-16-9-11-25-12-10-16/h1-14,26H,15H2,(H,27,28). The van der Waals surface area contributed by atoms with Crippen LogP contribution in [0.2, 0.25) is 0 Å². The molecule has 1 aromatic heterocycles. The van der Waals surface area contributed by atoms with E-state index in [9.17, 15) is 4.79 Å². The highest BCUT2D eigenvalue weighted by Crippen LogP contribution is 2.29. The van der Waals surface area contributed by atoms with Crippen molar-refractivity contribution in [1.29, 1.82) is 0 Å². The average Bonchev–Trinajstić information content (AvgIpc) is 2.73. The first-order valence-electron chi connectivity index (χ1n) is 8.92. The number of aromatic nitrogens is 1. The first-order valence-corrected chi connectivity index (χ1v) is 9.71. The zero-order valence-corrected chi connectivity index (χ0v) is 16.6. The van der Waals surface area contributed by atoms with Gasteiger partial charge in [-0.25, -0.2) is 0 Å². The van der Waals surface area contributed by atoms with Crippen LogP contribution in [0.5, 0.6) is 0 Å². The number of hydrogen-bond acceptors (Lipinski definition) is 3. The average molecular weight is 432 g/mol. The first-order chi connectivity index (χ1) is 13.7. The number of carbonyl (C=O) groups is 1. The van der Waals surface area contributed by atoms with Crippen molar-refractivity contribution >= 4 is 44.0 Å². The number of amides is 1. The van der Waals surface area contributed by atoms with E-state index in [1.807, 2.05) is 72.8 Å². The minimum Gasteiger partial charge on any atom is -0.380 e. The molecule has 1 heterocycles. The molecule has 0 fully saturated rings. The number of carbonyl (C=O) groups excluding carboxylic acids is 1. The number of nitrogens with zero attached hydrogens (tertiary/aromatic N) is 1. The van der Waals surface area contributed by atoms with Crippen LogP contribution in [0.15, 0.2) is 89.7 Å². The Balaban J connectivity index is 1.56. The molecule has 4 aromatic rings. The minimum absolute atomic E-state index is 0.159. The fraction of sp³-hybridized carbons (Fsp3) is 0.0435. The predicted molar refractivity (Wildman–Crippen MR) is 118 cm³/mol. The Labute approximate surface area is 171 Å². The third-order valence-corrected chi connectivity index (χ3v) is 5.14. The molecule has 2 N–H and O–H groups in total. The van der Waals surface area contributed by atoms with Crippen LogP contribution < -0.4 is 10.6 Å². The lowest BCUT2D eigenvalue weighted by Gasteiger charge is -2.13. The van der Waals surface area contributed by atoms with Crippen LogP contribution in [0, 0.1) is 0 Å². The van der Waals surface area contributed by atoms with E-state index >= 15 is 0 Å². The van der Waals surface area contributed by atoms with Gasteiger partial charge in [0.25, 0.3) is 5.91 Å². The molecule has 138 valence electrons. The highest BCUT2D eigenvalue weighted by molar-refractivity contribution is 9.10. The third-order valence-electron chi connectivity index (χ3n) is 4.49. The molecule has 0 saturated carbocycles. The lowest BCUT2D eigenvalue weighted by atomic mass is 10.1. The Morgan fingerprint density at radius 1 is 0.857 bits per heavy atom. The van der Waals surface area contributed by atoms with Crippen molar-refractivity contribution in [2.24, 2.45) is 0 Å². The smallest absolute Gasteiger partial charge is 0.257 e. The third kappa shape index (κ3) is 4.05. The second-order valence-electron chi connectivity index (χ2n) is 6.39. The maximum Gasteiger partial charge on any atom is 0.257 e. The molecule has 4 nitrogen and oxygen atoms in total. The summed E-state index contributed by atoms with van der Waals surface area (Å²) < 4.78 is 0.849. The number of halogens is 1. The molecular weight excluding hydrogens is 414 g/mol. The second kappa shape index (κ2) is 8.23. The van der Waals surface area contributed by atoms with Crippen LogP contribution in [0.1, 0.15) is 15.9 Å². The molecule has 0 spiro atoms.